The minimum absolute atomic E-state index is 0.0557. The van der Waals surface area contributed by atoms with Gasteiger partial charge in [-0.1, -0.05) is 12.1 Å². The van der Waals surface area contributed by atoms with Crippen LogP contribution in [-0.2, 0) is 16.1 Å². The van der Waals surface area contributed by atoms with Crippen LogP contribution >= 0.6 is 0 Å². The molecule has 0 bridgehead atoms. The summed E-state index contributed by atoms with van der Waals surface area (Å²) in [7, 11) is 0. The quantitative estimate of drug-likeness (QED) is 0.150. The molecule has 3 aromatic heterocycles. The lowest BCUT2D eigenvalue weighted by molar-refractivity contribution is -0.384. The molecule has 0 saturated carbocycles. The van der Waals surface area contributed by atoms with Crippen molar-refractivity contribution in [3.05, 3.63) is 111 Å². The van der Waals surface area contributed by atoms with Gasteiger partial charge in [-0.15, -0.1) is 0 Å². The van der Waals surface area contributed by atoms with E-state index in [1.165, 1.54) is 29.2 Å². The number of fused-ring (bicyclic) bond motifs is 1. The van der Waals surface area contributed by atoms with Crippen molar-refractivity contribution in [2.24, 2.45) is 0 Å². The molecule has 1 atom stereocenters. The summed E-state index contributed by atoms with van der Waals surface area (Å²) in [5, 5.41) is 22.6. The van der Waals surface area contributed by atoms with Crippen LogP contribution in [0.2, 0.25) is 0 Å². The van der Waals surface area contributed by atoms with Gasteiger partial charge in [0.05, 0.1) is 22.2 Å². The number of amides is 1. The van der Waals surface area contributed by atoms with Crippen LogP contribution in [-0.4, -0.2) is 41.0 Å². The fraction of sp³-hybridized carbons (Fsp3) is 0.154. The number of nitrogens with zero attached hydrogens (tertiary/aromatic N) is 5. The van der Waals surface area contributed by atoms with Gasteiger partial charge in [-0.2, -0.15) is 0 Å². The lowest BCUT2D eigenvalue weighted by Crippen LogP contribution is -2.29. The highest BCUT2D eigenvalue weighted by molar-refractivity contribution is 6.46. The number of hydrogen-bond donors (Lipinski definition) is 1. The molecular formula is C26H21N5O5. The van der Waals surface area contributed by atoms with E-state index in [1.54, 1.807) is 42.0 Å². The molecule has 4 aromatic rings. The number of aromatic nitrogens is 3. The second-order valence-corrected chi connectivity index (χ2v) is 8.57. The number of non-ortho nitro benzene ring substituents is 1. The molecule has 1 fully saturated rings. The van der Waals surface area contributed by atoms with E-state index in [1.807, 2.05) is 19.1 Å². The molecule has 1 saturated heterocycles. The highest BCUT2D eigenvalue weighted by atomic mass is 16.6. The van der Waals surface area contributed by atoms with Crippen LogP contribution < -0.4 is 0 Å². The Morgan fingerprint density at radius 2 is 1.86 bits per heavy atom. The number of rotatable bonds is 5. The van der Waals surface area contributed by atoms with E-state index >= 15 is 0 Å². The summed E-state index contributed by atoms with van der Waals surface area (Å²) < 4.78 is 1.80. The van der Waals surface area contributed by atoms with E-state index in [0.717, 1.165) is 5.56 Å². The third-order valence-electron chi connectivity index (χ3n) is 6.34. The van der Waals surface area contributed by atoms with Gasteiger partial charge in [-0.25, -0.2) is 4.98 Å². The lowest BCUT2D eigenvalue weighted by Gasteiger charge is -2.25. The van der Waals surface area contributed by atoms with Crippen LogP contribution in [0.15, 0.2) is 72.7 Å². The molecule has 5 rings (SSSR count). The SMILES string of the molecule is Cc1cccn2c(C)c(/C(O)=C3\C(=O)C(=O)N(Cc4cccnc4)C3c3ccc([N+](=O)[O-])cc3)nc12. The maximum atomic E-state index is 13.3. The first kappa shape index (κ1) is 22.9. The Hall–Kier alpha value is -4.86. The fourth-order valence-corrected chi connectivity index (χ4v) is 4.53. The van der Waals surface area contributed by atoms with Gasteiger partial charge in [0.15, 0.2) is 5.76 Å². The van der Waals surface area contributed by atoms with E-state index in [0.29, 0.717) is 22.5 Å². The summed E-state index contributed by atoms with van der Waals surface area (Å²) in [6.45, 7) is 3.70. The normalized spacial score (nSPS) is 17.2. The number of aliphatic hydroxyl groups excluding tert-OH is 1. The van der Waals surface area contributed by atoms with Crippen molar-refractivity contribution in [3.63, 3.8) is 0 Å². The number of nitro benzene ring substituents is 1. The zero-order valence-electron chi connectivity index (χ0n) is 19.5. The Kier molecular flexibility index (Phi) is 5.56. The molecule has 1 unspecified atom stereocenters. The monoisotopic (exact) mass is 483 g/mol. The highest BCUT2D eigenvalue weighted by Gasteiger charge is 2.46. The second-order valence-electron chi connectivity index (χ2n) is 8.57. The number of imidazole rings is 1. The molecule has 0 radical (unpaired) electrons. The van der Waals surface area contributed by atoms with Crippen molar-refractivity contribution in [1.82, 2.24) is 19.3 Å². The van der Waals surface area contributed by atoms with E-state index in [-0.39, 0.29) is 23.5 Å². The first-order chi connectivity index (χ1) is 17.3. The van der Waals surface area contributed by atoms with Crippen molar-refractivity contribution >= 4 is 28.8 Å². The van der Waals surface area contributed by atoms with Gasteiger partial charge in [0.25, 0.3) is 17.4 Å². The molecule has 10 heteroatoms. The van der Waals surface area contributed by atoms with E-state index < -0.39 is 28.4 Å². The molecule has 36 heavy (non-hydrogen) atoms. The average molecular weight is 483 g/mol. The lowest BCUT2D eigenvalue weighted by atomic mass is 9.96. The molecule has 1 N–H and O–H groups in total. The molecule has 1 aliphatic rings. The molecule has 4 heterocycles. The summed E-state index contributed by atoms with van der Waals surface area (Å²) >= 11 is 0. The van der Waals surface area contributed by atoms with Crippen LogP contribution in [0.25, 0.3) is 11.4 Å². The number of hydrogen-bond acceptors (Lipinski definition) is 7. The van der Waals surface area contributed by atoms with Crippen molar-refractivity contribution in [3.8, 4) is 0 Å². The first-order valence-corrected chi connectivity index (χ1v) is 11.1. The number of benzene rings is 1. The fourth-order valence-electron chi connectivity index (χ4n) is 4.53. The van der Waals surface area contributed by atoms with Gasteiger partial charge >= 0.3 is 0 Å². The van der Waals surface area contributed by atoms with Gasteiger partial charge in [-0.05, 0) is 54.8 Å². The zero-order valence-corrected chi connectivity index (χ0v) is 19.5. The minimum atomic E-state index is -0.976. The maximum absolute atomic E-state index is 13.3. The summed E-state index contributed by atoms with van der Waals surface area (Å²) in [4.78, 5) is 47.1. The summed E-state index contributed by atoms with van der Waals surface area (Å²) in [6, 6.07) is 11.8. The topological polar surface area (TPSA) is 131 Å². The van der Waals surface area contributed by atoms with Crippen LogP contribution in [0.1, 0.15) is 34.1 Å². The number of carbonyl (C=O) groups is 2. The van der Waals surface area contributed by atoms with Crippen LogP contribution in [0.3, 0.4) is 0 Å². The van der Waals surface area contributed by atoms with Crippen molar-refractivity contribution in [2.45, 2.75) is 26.4 Å². The van der Waals surface area contributed by atoms with E-state index in [9.17, 15) is 24.8 Å². The third kappa shape index (κ3) is 3.68. The number of carbonyl (C=O) groups excluding carboxylic acids is 2. The average Bonchev–Trinajstić information content (AvgIpc) is 3.35. The number of nitro groups is 1. The summed E-state index contributed by atoms with van der Waals surface area (Å²) in [5.41, 5.74) is 3.17. The van der Waals surface area contributed by atoms with Gasteiger partial charge in [0.1, 0.15) is 11.3 Å². The molecule has 0 aliphatic carbocycles. The molecule has 1 aromatic carbocycles. The standard InChI is InChI=1S/C26H21N5O5/c1-15-5-4-12-29-16(2)21(28-25(15)29)23(32)20-22(18-7-9-19(10-8-18)31(35)36)30(26(34)24(20)33)14-17-6-3-11-27-13-17/h3-13,22,32H,14H2,1-2H3/b23-20+. The van der Waals surface area contributed by atoms with Crippen LogP contribution in [0.5, 0.6) is 0 Å². The first-order valence-electron chi connectivity index (χ1n) is 11.1. The number of aryl methyl sites for hydroxylation is 2. The number of ketones is 1. The summed E-state index contributed by atoms with van der Waals surface area (Å²) in [6.07, 6.45) is 4.98. The van der Waals surface area contributed by atoms with E-state index in [4.69, 9.17) is 0 Å². The molecule has 10 nitrogen and oxygen atoms in total. The molecule has 0 spiro atoms. The predicted octanol–water partition coefficient (Wildman–Crippen LogP) is 3.88. The molecule has 180 valence electrons. The molecular weight excluding hydrogens is 462 g/mol. The van der Waals surface area contributed by atoms with Gasteiger partial charge < -0.3 is 14.4 Å². The van der Waals surface area contributed by atoms with Crippen LogP contribution in [0, 0.1) is 24.0 Å². The second kappa shape index (κ2) is 8.73. The Bertz CT molecular complexity index is 1560. The Morgan fingerprint density at radius 3 is 2.50 bits per heavy atom. The Morgan fingerprint density at radius 1 is 1.11 bits per heavy atom. The number of aliphatic hydroxyl groups is 1. The minimum Gasteiger partial charge on any atom is -0.505 e. The molecule has 1 amide bonds. The third-order valence-corrected chi connectivity index (χ3v) is 6.34. The van der Waals surface area contributed by atoms with Crippen LogP contribution in [0.4, 0.5) is 5.69 Å². The smallest absolute Gasteiger partial charge is 0.295 e. The number of likely N-dealkylation sites (tertiary alicyclic amines) is 1. The predicted molar refractivity (Wildman–Crippen MR) is 130 cm³/mol. The number of Topliss-reactive ketones (excluding diaryl/α,β-unsaturated/α-hetero) is 1. The number of pyridine rings is 2. The largest absolute Gasteiger partial charge is 0.505 e. The zero-order chi connectivity index (χ0) is 25.6. The molecule has 1 aliphatic heterocycles. The van der Waals surface area contributed by atoms with Gasteiger partial charge in [0, 0.05) is 37.3 Å². The van der Waals surface area contributed by atoms with Crippen molar-refractivity contribution < 1.29 is 19.6 Å². The van der Waals surface area contributed by atoms with Gasteiger partial charge in [-0.3, -0.25) is 24.7 Å². The highest BCUT2D eigenvalue weighted by Crippen LogP contribution is 2.41. The Labute approximate surface area is 205 Å². The van der Waals surface area contributed by atoms with E-state index in [2.05, 4.69) is 9.97 Å². The maximum Gasteiger partial charge on any atom is 0.295 e. The Balaban J connectivity index is 1.70. The summed E-state index contributed by atoms with van der Waals surface area (Å²) in [5.74, 6) is -2.04. The van der Waals surface area contributed by atoms with Gasteiger partial charge in [0.2, 0.25) is 0 Å². The van der Waals surface area contributed by atoms with Crippen molar-refractivity contribution in [1.29, 1.82) is 0 Å². The van der Waals surface area contributed by atoms with Crippen molar-refractivity contribution in [2.75, 3.05) is 0 Å².